The van der Waals surface area contributed by atoms with Crippen LogP contribution in [0.15, 0.2) is 35.5 Å². The van der Waals surface area contributed by atoms with Gasteiger partial charge in [0.25, 0.3) is 0 Å². The van der Waals surface area contributed by atoms with Gasteiger partial charge in [0, 0.05) is 37.3 Å². The number of benzene rings is 1. The molecule has 0 radical (unpaired) electrons. The summed E-state index contributed by atoms with van der Waals surface area (Å²) in [5.74, 6) is 0. The van der Waals surface area contributed by atoms with Crippen molar-refractivity contribution in [2.45, 2.75) is 52.7 Å². The van der Waals surface area contributed by atoms with Crippen LogP contribution in [0.25, 0.3) is 0 Å². The predicted octanol–water partition coefficient (Wildman–Crippen LogP) is 5.25. The van der Waals surface area contributed by atoms with Gasteiger partial charge in [0.05, 0.1) is 6.04 Å². The van der Waals surface area contributed by atoms with E-state index >= 15 is 0 Å². The monoisotopic (exact) mass is 364 g/mol. The maximum absolute atomic E-state index is 12.3. The molecule has 1 aliphatic heterocycles. The van der Waals surface area contributed by atoms with Gasteiger partial charge in [-0.2, -0.15) is 0 Å². The van der Waals surface area contributed by atoms with Gasteiger partial charge in [-0.1, -0.05) is 29.8 Å². The van der Waals surface area contributed by atoms with Crippen LogP contribution in [0, 0.1) is 0 Å². The maximum Gasteiger partial charge on any atom is 0.410 e. The summed E-state index contributed by atoms with van der Waals surface area (Å²) in [5.41, 5.74) is 3.11. The van der Waals surface area contributed by atoms with E-state index in [9.17, 15) is 4.79 Å². The van der Waals surface area contributed by atoms with Crippen LogP contribution in [0.5, 0.6) is 0 Å². The van der Waals surface area contributed by atoms with E-state index in [4.69, 9.17) is 16.3 Å². The minimum absolute atomic E-state index is 0.173. The Labute approximate surface area is 156 Å². The molecule has 0 spiro atoms. The zero-order valence-electron chi connectivity index (χ0n) is 16.1. The summed E-state index contributed by atoms with van der Waals surface area (Å²) in [6, 6.07) is 8.12. The second-order valence-electron chi connectivity index (χ2n) is 7.69. The van der Waals surface area contributed by atoms with Crippen molar-refractivity contribution < 1.29 is 9.53 Å². The van der Waals surface area contributed by atoms with E-state index in [2.05, 4.69) is 31.9 Å². The number of hydrogen-bond donors (Lipinski definition) is 0. The van der Waals surface area contributed by atoms with Crippen molar-refractivity contribution in [3.8, 4) is 0 Å². The fourth-order valence-electron chi connectivity index (χ4n) is 3.13. The quantitative estimate of drug-likeness (QED) is 0.734. The van der Waals surface area contributed by atoms with E-state index in [1.165, 1.54) is 11.3 Å². The van der Waals surface area contributed by atoms with Gasteiger partial charge in [-0.05, 0) is 51.8 Å². The Kier molecular flexibility index (Phi) is 6.04. The Morgan fingerprint density at radius 1 is 1.32 bits per heavy atom. The largest absolute Gasteiger partial charge is 0.444 e. The van der Waals surface area contributed by atoms with Gasteiger partial charge in [0.2, 0.25) is 0 Å². The highest BCUT2D eigenvalue weighted by atomic mass is 35.5. The third kappa shape index (κ3) is 4.91. The van der Waals surface area contributed by atoms with E-state index in [1.807, 2.05) is 39.0 Å². The molecule has 0 saturated carbocycles. The number of amides is 1. The molecule has 0 saturated heterocycles. The molecule has 1 aromatic rings. The van der Waals surface area contributed by atoms with Crippen molar-refractivity contribution in [1.82, 2.24) is 9.80 Å². The molecule has 0 aliphatic carbocycles. The van der Waals surface area contributed by atoms with Crippen molar-refractivity contribution in [3.05, 3.63) is 46.1 Å². The zero-order chi connectivity index (χ0) is 18.8. The molecule has 5 heteroatoms. The Hall–Kier alpha value is -1.68. The van der Waals surface area contributed by atoms with Crippen LogP contribution in [0.1, 0.15) is 52.6 Å². The zero-order valence-corrected chi connectivity index (χ0v) is 16.9. The molecular weight excluding hydrogens is 336 g/mol. The van der Waals surface area contributed by atoms with Crippen molar-refractivity contribution >= 4 is 17.7 Å². The van der Waals surface area contributed by atoms with Crippen LogP contribution in [0.4, 0.5) is 4.79 Å². The number of hydrogen-bond acceptors (Lipinski definition) is 3. The summed E-state index contributed by atoms with van der Waals surface area (Å²) in [7, 11) is 2.09. The average Bonchev–Trinajstić information content (AvgIpc) is 2.52. The highest BCUT2D eigenvalue weighted by molar-refractivity contribution is 6.31. The Morgan fingerprint density at radius 3 is 2.52 bits per heavy atom. The van der Waals surface area contributed by atoms with Crippen molar-refractivity contribution in [1.29, 1.82) is 0 Å². The fourth-order valence-corrected chi connectivity index (χ4v) is 3.42. The normalized spacial score (nSPS) is 16.7. The number of carbonyl (C=O) groups is 1. The summed E-state index contributed by atoms with van der Waals surface area (Å²) in [4.78, 5) is 16.3. The standard InChI is InChI=1S/C20H29ClN2O2/c1-14-13-23(19(24)25-20(3,4)5)12-11-18(14)22(6)15(2)16-9-7-8-10-17(16)21/h7-10,15H,11-13H2,1-6H3. The number of carbonyl (C=O) groups excluding carboxylic acids is 1. The van der Waals surface area contributed by atoms with Crippen molar-refractivity contribution in [2.75, 3.05) is 20.1 Å². The highest BCUT2D eigenvalue weighted by Crippen LogP contribution is 2.32. The van der Waals surface area contributed by atoms with E-state index in [0.717, 1.165) is 17.0 Å². The van der Waals surface area contributed by atoms with E-state index in [0.29, 0.717) is 13.1 Å². The molecule has 1 amide bonds. The number of ether oxygens (including phenoxy) is 1. The fraction of sp³-hybridized carbons (Fsp3) is 0.550. The second kappa shape index (κ2) is 7.69. The van der Waals surface area contributed by atoms with E-state index in [1.54, 1.807) is 4.90 Å². The lowest BCUT2D eigenvalue weighted by molar-refractivity contribution is 0.0251. The van der Waals surface area contributed by atoms with Crippen LogP contribution in [0.3, 0.4) is 0 Å². The molecule has 0 fully saturated rings. The summed E-state index contributed by atoms with van der Waals surface area (Å²) < 4.78 is 5.49. The Bertz CT molecular complexity index is 664. The van der Waals surface area contributed by atoms with Crippen LogP contribution in [-0.2, 0) is 4.74 Å². The summed E-state index contributed by atoms with van der Waals surface area (Å²) in [5, 5.41) is 0.784. The molecule has 0 aromatic heterocycles. The molecule has 1 aliphatic rings. The molecule has 1 unspecified atom stereocenters. The number of nitrogens with zero attached hydrogens (tertiary/aromatic N) is 2. The van der Waals surface area contributed by atoms with Gasteiger partial charge in [-0.15, -0.1) is 0 Å². The molecule has 4 nitrogen and oxygen atoms in total. The SMILES string of the molecule is CC1=C(N(C)C(C)c2ccccc2Cl)CCN(C(=O)OC(C)(C)C)C1. The summed E-state index contributed by atoms with van der Waals surface area (Å²) >= 11 is 6.35. The minimum Gasteiger partial charge on any atom is -0.444 e. The van der Waals surface area contributed by atoms with Crippen LogP contribution < -0.4 is 0 Å². The van der Waals surface area contributed by atoms with Gasteiger partial charge >= 0.3 is 6.09 Å². The first kappa shape index (κ1) is 19.6. The minimum atomic E-state index is -0.468. The third-order valence-electron chi connectivity index (χ3n) is 4.55. The van der Waals surface area contributed by atoms with Crippen molar-refractivity contribution in [3.63, 3.8) is 0 Å². The molecule has 25 heavy (non-hydrogen) atoms. The van der Waals surface area contributed by atoms with E-state index in [-0.39, 0.29) is 12.1 Å². The number of halogens is 1. The third-order valence-corrected chi connectivity index (χ3v) is 4.90. The smallest absolute Gasteiger partial charge is 0.410 e. The Balaban J connectivity index is 2.11. The average molecular weight is 365 g/mol. The molecule has 1 heterocycles. The van der Waals surface area contributed by atoms with Crippen LogP contribution in [-0.4, -0.2) is 41.6 Å². The molecule has 0 bridgehead atoms. The van der Waals surface area contributed by atoms with Crippen molar-refractivity contribution in [2.24, 2.45) is 0 Å². The van der Waals surface area contributed by atoms with Gasteiger partial charge in [-0.3, -0.25) is 0 Å². The van der Waals surface area contributed by atoms with E-state index < -0.39 is 5.60 Å². The predicted molar refractivity (Wildman–Crippen MR) is 103 cm³/mol. The van der Waals surface area contributed by atoms with Gasteiger partial charge in [0.1, 0.15) is 5.60 Å². The lowest BCUT2D eigenvalue weighted by atomic mass is 10.0. The lowest BCUT2D eigenvalue weighted by Gasteiger charge is -2.37. The summed E-state index contributed by atoms with van der Waals surface area (Å²) in [6.07, 6.45) is 0.573. The molecule has 2 rings (SSSR count). The molecule has 1 aromatic carbocycles. The first-order valence-corrected chi connectivity index (χ1v) is 9.11. The summed E-state index contributed by atoms with van der Waals surface area (Å²) in [6.45, 7) is 11.2. The van der Waals surface area contributed by atoms with Crippen LogP contribution in [0.2, 0.25) is 5.02 Å². The molecule has 1 atom stereocenters. The molecule has 0 N–H and O–H groups in total. The lowest BCUT2D eigenvalue weighted by Crippen LogP contribution is -2.42. The second-order valence-corrected chi connectivity index (χ2v) is 8.09. The number of rotatable bonds is 3. The van der Waals surface area contributed by atoms with Gasteiger partial charge in [-0.25, -0.2) is 4.79 Å². The Morgan fingerprint density at radius 2 is 1.96 bits per heavy atom. The maximum atomic E-state index is 12.3. The first-order valence-electron chi connectivity index (χ1n) is 8.74. The topological polar surface area (TPSA) is 32.8 Å². The van der Waals surface area contributed by atoms with Crippen LogP contribution >= 0.6 is 11.6 Å². The first-order chi connectivity index (χ1) is 11.6. The highest BCUT2D eigenvalue weighted by Gasteiger charge is 2.28. The van der Waals surface area contributed by atoms with Gasteiger partial charge < -0.3 is 14.5 Å². The molecule has 138 valence electrons. The van der Waals surface area contributed by atoms with Gasteiger partial charge in [0.15, 0.2) is 0 Å². The molecular formula is C20H29ClN2O2.